The van der Waals surface area contributed by atoms with Crippen LogP contribution in [0.2, 0.25) is 0 Å². The van der Waals surface area contributed by atoms with Gasteiger partial charge in [-0.05, 0) is 37.3 Å². The highest BCUT2D eigenvalue weighted by Crippen LogP contribution is 2.24. The maximum absolute atomic E-state index is 12.8. The quantitative estimate of drug-likeness (QED) is 0.739. The lowest BCUT2D eigenvalue weighted by molar-refractivity contribution is -0.130. The number of carbonyl (C=O) groups excluding carboxylic acids is 2. The molecule has 0 saturated heterocycles. The van der Waals surface area contributed by atoms with Crippen molar-refractivity contribution in [1.29, 1.82) is 0 Å². The van der Waals surface area contributed by atoms with Crippen molar-refractivity contribution >= 4 is 28.8 Å². The summed E-state index contributed by atoms with van der Waals surface area (Å²) < 4.78 is 0. The minimum atomic E-state index is -0.544. The lowest BCUT2D eigenvalue weighted by Crippen LogP contribution is -2.47. The zero-order valence-corrected chi connectivity index (χ0v) is 15.5. The maximum Gasteiger partial charge on any atom is 0.249 e. The van der Waals surface area contributed by atoms with E-state index in [0.29, 0.717) is 18.3 Å². The number of amides is 2. The molecule has 1 aliphatic rings. The van der Waals surface area contributed by atoms with Crippen LogP contribution in [0.15, 0.2) is 24.3 Å². The molecule has 1 atom stereocenters. The van der Waals surface area contributed by atoms with Crippen molar-refractivity contribution in [2.24, 2.45) is 11.8 Å². The molecule has 2 aromatic rings. The zero-order valence-electron chi connectivity index (χ0n) is 15.5. The second kappa shape index (κ2) is 8.34. The average molecular weight is 356 g/mol. The van der Waals surface area contributed by atoms with Gasteiger partial charge in [0.1, 0.15) is 6.04 Å². The summed E-state index contributed by atoms with van der Waals surface area (Å²) >= 11 is 0. The van der Waals surface area contributed by atoms with Crippen molar-refractivity contribution in [3.63, 3.8) is 0 Å². The van der Waals surface area contributed by atoms with E-state index in [1.807, 2.05) is 38.1 Å². The van der Waals surface area contributed by atoms with Crippen molar-refractivity contribution in [3.05, 3.63) is 24.3 Å². The Balaban J connectivity index is 1.67. The Kier molecular flexibility index (Phi) is 5.91. The molecule has 3 rings (SSSR count). The highest BCUT2D eigenvalue weighted by atomic mass is 16.2. The fraction of sp³-hybridized carbons (Fsp3) is 0.550. The van der Waals surface area contributed by atoms with Gasteiger partial charge >= 0.3 is 0 Å². The summed E-state index contributed by atoms with van der Waals surface area (Å²) in [5.74, 6) is 0.541. The van der Waals surface area contributed by atoms with E-state index in [1.54, 1.807) is 0 Å². The number of rotatable bonds is 6. The van der Waals surface area contributed by atoms with Gasteiger partial charge in [-0.25, -0.2) is 4.98 Å². The Morgan fingerprint density at radius 3 is 2.62 bits per heavy atom. The van der Waals surface area contributed by atoms with E-state index >= 15 is 0 Å². The number of fused-ring (bicyclic) bond motifs is 1. The second-order valence-corrected chi connectivity index (χ2v) is 7.62. The van der Waals surface area contributed by atoms with Crippen LogP contribution in [0, 0.1) is 11.8 Å². The highest BCUT2D eigenvalue weighted by molar-refractivity contribution is 5.97. The lowest BCUT2D eigenvalue weighted by atomic mass is 9.88. The van der Waals surface area contributed by atoms with E-state index in [-0.39, 0.29) is 17.7 Å². The van der Waals surface area contributed by atoms with Crippen LogP contribution in [0.1, 0.15) is 52.4 Å². The molecule has 0 bridgehead atoms. The van der Waals surface area contributed by atoms with Gasteiger partial charge in [0.25, 0.3) is 0 Å². The van der Waals surface area contributed by atoms with Crippen molar-refractivity contribution in [3.8, 4) is 0 Å². The summed E-state index contributed by atoms with van der Waals surface area (Å²) in [6.07, 6.45) is 5.84. The van der Waals surface area contributed by atoms with E-state index < -0.39 is 6.04 Å². The molecule has 1 aliphatic carbocycles. The molecule has 6 heteroatoms. The van der Waals surface area contributed by atoms with E-state index in [2.05, 4.69) is 20.6 Å². The third kappa shape index (κ3) is 4.62. The minimum Gasteiger partial charge on any atom is -0.344 e. The van der Waals surface area contributed by atoms with E-state index in [0.717, 1.165) is 36.7 Å². The minimum absolute atomic E-state index is 0.00936. The smallest absolute Gasteiger partial charge is 0.249 e. The van der Waals surface area contributed by atoms with Gasteiger partial charge in [0.05, 0.1) is 11.0 Å². The normalized spacial score (nSPS) is 16.6. The molecule has 1 saturated carbocycles. The van der Waals surface area contributed by atoms with E-state index in [9.17, 15) is 9.59 Å². The summed E-state index contributed by atoms with van der Waals surface area (Å²) in [5, 5.41) is 5.80. The standard InChI is InChI=1S/C20H28N4O2/c1-13(2)12-17(21-18(25)14-8-4-3-5-9-14)19(26)24-20-22-15-10-6-7-11-16(15)23-20/h6-7,10-11,13-14,17H,3-5,8-9,12H2,1-2H3,(H,21,25)(H2,22,23,24,26)/t17-/m1/s1. The molecule has 0 aliphatic heterocycles. The number of benzene rings is 1. The summed E-state index contributed by atoms with van der Waals surface area (Å²) in [7, 11) is 0. The molecule has 6 nitrogen and oxygen atoms in total. The number of nitrogens with one attached hydrogen (secondary N) is 3. The topological polar surface area (TPSA) is 86.9 Å². The Morgan fingerprint density at radius 1 is 1.19 bits per heavy atom. The van der Waals surface area contributed by atoms with Crippen molar-refractivity contribution < 1.29 is 9.59 Å². The molecule has 1 fully saturated rings. The van der Waals surface area contributed by atoms with Gasteiger partial charge in [-0.1, -0.05) is 45.2 Å². The van der Waals surface area contributed by atoms with Gasteiger partial charge in [-0.3, -0.25) is 14.9 Å². The monoisotopic (exact) mass is 356 g/mol. The number of hydrogen-bond acceptors (Lipinski definition) is 3. The van der Waals surface area contributed by atoms with Crippen LogP contribution >= 0.6 is 0 Å². The average Bonchev–Trinajstić information content (AvgIpc) is 3.03. The highest BCUT2D eigenvalue weighted by Gasteiger charge is 2.27. The first-order valence-electron chi connectivity index (χ1n) is 9.59. The van der Waals surface area contributed by atoms with E-state index in [4.69, 9.17) is 0 Å². The van der Waals surface area contributed by atoms with Gasteiger partial charge in [0.2, 0.25) is 17.8 Å². The fourth-order valence-corrected chi connectivity index (χ4v) is 3.57. The number of imidazole rings is 1. The Bertz CT molecular complexity index is 729. The van der Waals surface area contributed by atoms with Gasteiger partial charge < -0.3 is 10.3 Å². The second-order valence-electron chi connectivity index (χ2n) is 7.62. The first kappa shape index (κ1) is 18.4. The van der Waals surface area contributed by atoms with Crippen molar-refractivity contribution in [2.75, 3.05) is 5.32 Å². The number of carbonyl (C=O) groups is 2. The van der Waals surface area contributed by atoms with Crippen LogP contribution in [0.5, 0.6) is 0 Å². The zero-order chi connectivity index (χ0) is 18.5. The molecule has 1 aromatic carbocycles. The van der Waals surface area contributed by atoms with Crippen molar-refractivity contribution in [2.45, 2.75) is 58.4 Å². The first-order chi connectivity index (χ1) is 12.5. The van der Waals surface area contributed by atoms with Crippen molar-refractivity contribution in [1.82, 2.24) is 15.3 Å². The number of aromatic nitrogens is 2. The number of H-pyrrole nitrogens is 1. The van der Waals surface area contributed by atoms with Gasteiger partial charge in [-0.15, -0.1) is 0 Å². The summed E-state index contributed by atoms with van der Waals surface area (Å²) in [6, 6.07) is 7.07. The molecule has 2 amide bonds. The van der Waals surface area contributed by atoms with Crippen LogP contribution < -0.4 is 10.6 Å². The van der Waals surface area contributed by atoms with Crippen LogP contribution in [0.25, 0.3) is 11.0 Å². The Labute approximate surface area is 154 Å². The predicted molar refractivity (Wildman–Crippen MR) is 103 cm³/mol. The number of anilines is 1. The van der Waals surface area contributed by atoms with Crippen LogP contribution in [0.4, 0.5) is 5.95 Å². The van der Waals surface area contributed by atoms with Crippen LogP contribution in [-0.4, -0.2) is 27.8 Å². The molecular weight excluding hydrogens is 328 g/mol. The number of aromatic amines is 1. The van der Waals surface area contributed by atoms with E-state index in [1.165, 1.54) is 6.42 Å². The molecule has 26 heavy (non-hydrogen) atoms. The van der Waals surface area contributed by atoms with Crippen LogP contribution in [0.3, 0.4) is 0 Å². The number of hydrogen-bond donors (Lipinski definition) is 3. The molecule has 1 heterocycles. The molecule has 3 N–H and O–H groups in total. The summed E-state index contributed by atoms with van der Waals surface area (Å²) in [5.41, 5.74) is 1.67. The largest absolute Gasteiger partial charge is 0.344 e. The third-order valence-corrected chi connectivity index (χ3v) is 4.95. The molecule has 0 unspecified atom stereocenters. The number of nitrogens with zero attached hydrogens (tertiary/aromatic N) is 1. The first-order valence-corrected chi connectivity index (χ1v) is 9.59. The lowest BCUT2D eigenvalue weighted by Gasteiger charge is -2.25. The molecule has 140 valence electrons. The summed E-state index contributed by atoms with van der Waals surface area (Å²) in [4.78, 5) is 32.8. The van der Waals surface area contributed by atoms with Gasteiger partial charge in [0, 0.05) is 5.92 Å². The fourth-order valence-electron chi connectivity index (χ4n) is 3.57. The third-order valence-electron chi connectivity index (χ3n) is 4.95. The Hall–Kier alpha value is -2.37. The van der Waals surface area contributed by atoms with Crippen LogP contribution in [-0.2, 0) is 9.59 Å². The SMILES string of the molecule is CC(C)C[C@@H](NC(=O)C1CCCCC1)C(=O)Nc1nc2ccccc2[nH]1. The molecular formula is C20H28N4O2. The molecule has 1 aromatic heterocycles. The van der Waals surface area contributed by atoms with Gasteiger partial charge in [0.15, 0.2) is 0 Å². The maximum atomic E-state index is 12.8. The molecule has 0 spiro atoms. The summed E-state index contributed by atoms with van der Waals surface area (Å²) in [6.45, 7) is 4.10. The van der Waals surface area contributed by atoms with Gasteiger partial charge in [-0.2, -0.15) is 0 Å². The predicted octanol–water partition coefficient (Wildman–Crippen LogP) is 3.61. The molecule has 0 radical (unpaired) electrons. The number of para-hydroxylation sites is 2. The Morgan fingerprint density at radius 2 is 1.92 bits per heavy atom.